The van der Waals surface area contributed by atoms with Crippen molar-refractivity contribution in [2.24, 2.45) is 5.92 Å². The highest BCUT2D eigenvalue weighted by molar-refractivity contribution is 5.98. The summed E-state index contributed by atoms with van der Waals surface area (Å²) in [7, 11) is 0. The van der Waals surface area contributed by atoms with Gasteiger partial charge < -0.3 is 15.0 Å². The lowest BCUT2D eigenvalue weighted by Crippen LogP contribution is -2.36. The first-order valence-corrected chi connectivity index (χ1v) is 7.47. The van der Waals surface area contributed by atoms with Crippen molar-refractivity contribution in [3.63, 3.8) is 0 Å². The number of carboxylic acids is 1. The summed E-state index contributed by atoms with van der Waals surface area (Å²) in [6.45, 7) is 6.78. The van der Waals surface area contributed by atoms with Crippen molar-refractivity contribution in [1.82, 2.24) is 9.88 Å². The van der Waals surface area contributed by atoms with Crippen LogP contribution in [0.15, 0.2) is 24.3 Å². The molecule has 0 aliphatic carbocycles. The number of aliphatic carboxylic acids is 1. The van der Waals surface area contributed by atoms with E-state index in [4.69, 9.17) is 5.11 Å². The maximum atomic E-state index is 12.6. The first-order chi connectivity index (χ1) is 10.4. The molecule has 0 aliphatic heterocycles. The third-order valence-electron chi connectivity index (χ3n) is 3.48. The molecule has 22 heavy (non-hydrogen) atoms. The topological polar surface area (TPSA) is 73.4 Å². The van der Waals surface area contributed by atoms with E-state index in [1.54, 1.807) is 4.90 Å². The predicted octanol–water partition coefficient (Wildman–Crippen LogP) is 3.05. The Morgan fingerprint density at radius 2 is 2.00 bits per heavy atom. The second-order valence-corrected chi connectivity index (χ2v) is 6.06. The second kappa shape index (κ2) is 6.64. The third-order valence-corrected chi connectivity index (χ3v) is 3.48. The molecule has 0 aliphatic rings. The number of nitrogens with zero attached hydrogens (tertiary/aromatic N) is 1. The largest absolute Gasteiger partial charge is 0.481 e. The molecule has 0 radical (unpaired) electrons. The van der Waals surface area contributed by atoms with Gasteiger partial charge in [0.2, 0.25) is 0 Å². The molecule has 0 saturated heterocycles. The van der Waals surface area contributed by atoms with Crippen LogP contribution in [-0.4, -0.2) is 40.0 Å². The van der Waals surface area contributed by atoms with E-state index in [0.717, 1.165) is 16.5 Å². The van der Waals surface area contributed by atoms with Gasteiger partial charge in [-0.2, -0.15) is 0 Å². The van der Waals surface area contributed by atoms with Gasteiger partial charge in [-0.3, -0.25) is 9.59 Å². The zero-order valence-electron chi connectivity index (χ0n) is 13.2. The monoisotopic (exact) mass is 302 g/mol. The zero-order chi connectivity index (χ0) is 16.3. The number of aromatic nitrogens is 1. The van der Waals surface area contributed by atoms with Gasteiger partial charge in [0.05, 0.1) is 6.42 Å². The Bertz CT molecular complexity index is 688. The minimum atomic E-state index is -0.895. The van der Waals surface area contributed by atoms with E-state index in [0.29, 0.717) is 12.2 Å². The predicted molar refractivity (Wildman–Crippen MR) is 86.0 cm³/mol. The highest BCUT2D eigenvalue weighted by atomic mass is 16.4. The summed E-state index contributed by atoms with van der Waals surface area (Å²) in [4.78, 5) is 28.2. The van der Waals surface area contributed by atoms with Crippen LogP contribution in [0.1, 0.15) is 36.3 Å². The molecular weight excluding hydrogens is 280 g/mol. The summed E-state index contributed by atoms with van der Waals surface area (Å²) in [5.74, 6) is -0.762. The molecule has 0 spiro atoms. The van der Waals surface area contributed by atoms with Gasteiger partial charge in [0.1, 0.15) is 5.69 Å². The number of aryl methyl sites for hydroxylation is 1. The maximum Gasteiger partial charge on any atom is 0.305 e. The molecule has 1 aromatic carbocycles. The van der Waals surface area contributed by atoms with Crippen molar-refractivity contribution in [1.29, 1.82) is 0 Å². The Labute approximate surface area is 129 Å². The van der Waals surface area contributed by atoms with Crippen molar-refractivity contribution in [2.45, 2.75) is 27.2 Å². The number of aromatic amines is 1. The minimum absolute atomic E-state index is 0.0439. The molecule has 1 amide bonds. The summed E-state index contributed by atoms with van der Waals surface area (Å²) < 4.78 is 0. The first kappa shape index (κ1) is 16.1. The lowest BCUT2D eigenvalue weighted by molar-refractivity contribution is -0.137. The molecule has 118 valence electrons. The van der Waals surface area contributed by atoms with Crippen LogP contribution in [0.5, 0.6) is 0 Å². The molecule has 1 heterocycles. The fourth-order valence-corrected chi connectivity index (χ4v) is 2.47. The molecule has 5 heteroatoms. The number of carbonyl (C=O) groups excluding carboxylic acids is 1. The van der Waals surface area contributed by atoms with Crippen LogP contribution in [0.4, 0.5) is 0 Å². The number of hydrogen-bond donors (Lipinski definition) is 2. The van der Waals surface area contributed by atoms with Crippen molar-refractivity contribution < 1.29 is 14.7 Å². The van der Waals surface area contributed by atoms with Crippen molar-refractivity contribution in [3.05, 3.63) is 35.5 Å². The fraction of sp³-hybridized carbons (Fsp3) is 0.412. The van der Waals surface area contributed by atoms with Crippen molar-refractivity contribution >= 4 is 22.8 Å². The maximum absolute atomic E-state index is 12.6. The standard InChI is InChI=1S/C17H22N2O3/c1-11(2)10-19(7-6-16(20)21)17(22)15-9-13-5-4-12(3)8-14(13)18-15/h4-5,8-9,11,18H,6-7,10H2,1-3H3,(H,20,21). The highest BCUT2D eigenvalue weighted by Crippen LogP contribution is 2.18. The lowest BCUT2D eigenvalue weighted by atomic mass is 10.1. The molecule has 2 aromatic rings. The summed E-state index contributed by atoms with van der Waals surface area (Å²) in [5, 5.41) is 9.83. The quantitative estimate of drug-likeness (QED) is 0.861. The zero-order valence-corrected chi connectivity index (χ0v) is 13.2. The Kier molecular flexibility index (Phi) is 4.85. The average Bonchev–Trinajstić information content (AvgIpc) is 2.85. The molecule has 0 bridgehead atoms. The van der Waals surface area contributed by atoms with E-state index < -0.39 is 5.97 Å². The second-order valence-electron chi connectivity index (χ2n) is 6.06. The summed E-state index contributed by atoms with van der Waals surface area (Å²) in [6, 6.07) is 7.80. The van der Waals surface area contributed by atoms with Crippen LogP contribution in [-0.2, 0) is 4.79 Å². The Hall–Kier alpha value is -2.30. The van der Waals surface area contributed by atoms with E-state index in [9.17, 15) is 9.59 Å². The summed E-state index contributed by atoms with van der Waals surface area (Å²) in [6.07, 6.45) is -0.0439. The Morgan fingerprint density at radius 3 is 2.64 bits per heavy atom. The number of carbonyl (C=O) groups is 2. The smallest absolute Gasteiger partial charge is 0.305 e. The molecule has 5 nitrogen and oxygen atoms in total. The van der Waals surface area contributed by atoms with E-state index in [1.165, 1.54) is 0 Å². The number of benzene rings is 1. The van der Waals surface area contributed by atoms with E-state index >= 15 is 0 Å². The van der Waals surface area contributed by atoms with Crippen LogP contribution in [0.2, 0.25) is 0 Å². The first-order valence-electron chi connectivity index (χ1n) is 7.47. The normalized spacial score (nSPS) is 11.1. The van der Waals surface area contributed by atoms with E-state index in [2.05, 4.69) is 4.98 Å². The Balaban J connectivity index is 2.24. The average molecular weight is 302 g/mol. The number of H-pyrrole nitrogens is 1. The van der Waals surface area contributed by atoms with Gasteiger partial charge >= 0.3 is 5.97 Å². The number of carboxylic acid groups (broad SMARTS) is 1. The van der Waals surface area contributed by atoms with Crippen molar-refractivity contribution in [3.8, 4) is 0 Å². The number of hydrogen-bond acceptors (Lipinski definition) is 2. The van der Waals surface area contributed by atoms with Crippen molar-refractivity contribution in [2.75, 3.05) is 13.1 Å². The van der Waals surface area contributed by atoms with Crippen LogP contribution < -0.4 is 0 Å². The number of amides is 1. The molecule has 0 saturated carbocycles. The summed E-state index contributed by atoms with van der Waals surface area (Å²) >= 11 is 0. The van der Waals surface area contributed by atoms with Gasteiger partial charge in [0, 0.05) is 24.0 Å². The van der Waals surface area contributed by atoms with Crippen LogP contribution >= 0.6 is 0 Å². The van der Waals surface area contributed by atoms with Gasteiger partial charge in [0.15, 0.2) is 0 Å². The number of nitrogens with one attached hydrogen (secondary N) is 1. The molecule has 2 rings (SSSR count). The minimum Gasteiger partial charge on any atom is -0.481 e. The molecule has 0 atom stereocenters. The van der Waals surface area contributed by atoms with Crippen LogP contribution in [0, 0.1) is 12.8 Å². The van der Waals surface area contributed by atoms with Gasteiger partial charge in [-0.1, -0.05) is 26.0 Å². The van der Waals surface area contributed by atoms with Gasteiger partial charge in [-0.05, 0) is 30.5 Å². The van der Waals surface area contributed by atoms with Crippen LogP contribution in [0.25, 0.3) is 10.9 Å². The highest BCUT2D eigenvalue weighted by Gasteiger charge is 2.19. The van der Waals surface area contributed by atoms with Gasteiger partial charge in [0.25, 0.3) is 5.91 Å². The van der Waals surface area contributed by atoms with Gasteiger partial charge in [-0.15, -0.1) is 0 Å². The Morgan fingerprint density at radius 1 is 1.27 bits per heavy atom. The molecule has 0 fully saturated rings. The van der Waals surface area contributed by atoms with E-state index in [1.807, 2.05) is 45.0 Å². The van der Waals surface area contributed by atoms with Crippen LogP contribution in [0.3, 0.4) is 0 Å². The fourth-order valence-electron chi connectivity index (χ4n) is 2.47. The SMILES string of the molecule is Cc1ccc2cc(C(=O)N(CCC(=O)O)CC(C)C)[nH]c2c1. The summed E-state index contributed by atoms with van der Waals surface area (Å²) in [5.41, 5.74) is 2.55. The molecule has 0 unspecified atom stereocenters. The van der Waals surface area contributed by atoms with E-state index in [-0.39, 0.29) is 24.8 Å². The number of fused-ring (bicyclic) bond motifs is 1. The van der Waals surface area contributed by atoms with Gasteiger partial charge in [-0.25, -0.2) is 0 Å². The molecular formula is C17H22N2O3. The molecule has 1 aromatic heterocycles. The molecule has 2 N–H and O–H groups in total. The third kappa shape index (κ3) is 3.87. The lowest BCUT2D eigenvalue weighted by Gasteiger charge is -2.23. The number of rotatable bonds is 6.